The van der Waals surface area contributed by atoms with Gasteiger partial charge in [-0.2, -0.15) is 0 Å². The van der Waals surface area contributed by atoms with Crippen molar-refractivity contribution in [3.63, 3.8) is 0 Å². The molecule has 144 valence electrons. The van der Waals surface area contributed by atoms with Crippen molar-refractivity contribution in [3.05, 3.63) is 16.3 Å². The Morgan fingerprint density at radius 1 is 1.41 bits per heavy atom. The van der Waals surface area contributed by atoms with Gasteiger partial charge in [0.2, 0.25) is 0 Å². The molecule has 0 N–H and O–H groups in total. The van der Waals surface area contributed by atoms with E-state index in [9.17, 15) is 4.79 Å². The Hall–Kier alpha value is -1.67. The zero-order chi connectivity index (χ0) is 19.1. The van der Waals surface area contributed by atoms with Crippen LogP contribution in [0.4, 0.5) is 0 Å². The van der Waals surface area contributed by atoms with Crippen LogP contribution in [0.25, 0.3) is 15.9 Å². The van der Waals surface area contributed by atoms with Gasteiger partial charge in [0.05, 0.1) is 17.2 Å². The predicted molar refractivity (Wildman–Crippen MR) is 109 cm³/mol. The number of nitrogens with zero attached hydrogens (tertiary/aromatic N) is 4. The summed E-state index contributed by atoms with van der Waals surface area (Å²) < 4.78 is 7.26. The van der Waals surface area contributed by atoms with Gasteiger partial charge < -0.3 is 4.74 Å². The van der Waals surface area contributed by atoms with Crippen molar-refractivity contribution in [1.29, 1.82) is 0 Å². The van der Waals surface area contributed by atoms with Gasteiger partial charge in [0, 0.05) is 11.3 Å². The Bertz CT molecular complexity index is 1010. The number of thiophene rings is 1. The second kappa shape index (κ2) is 7.39. The van der Waals surface area contributed by atoms with E-state index in [4.69, 9.17) is 9.72 Å². The molecule has 0 saturated carbocycles. The molecule has 1 atom stereocenters. The highest BCUT2D eigenvalue weighted by atomic mass is 32.2. The SMILES string of the molecule is CCc1nc2sc3c(c2c2nnc(SCC(=O)OC(C)C)n12)CC[C@@H](C)C3. The summed E-state index contributed by atoms with van der Waals surface area (Å²) in [6.07, 6.45) is 4.08. The lowest BCUT2D eigenvalue weighted by molar-refractivity contribution is -0.144. The number of hydrogen-bond donors (Lipinski definition) is 0. The van der Waals surface area contributed by atoms with Gasteiger partial charge in [-0.3, -0.25) is 9.20 Å². The molecule has 8 heteroatoms. The van der Waals surface area contributed by atoms with Crippen LogP contribution in [0.1, 0.15) is 50.4 Å². The summed E-state index contributed by atoms with van der Waals surface area (Å²) in [7, 11) is 0. The predicted octanol–water partition coefficient (Wildman–Crippen LogP) is 4.07. The lowest BCUT2D eigenvalue weighted by atomic mass is 9.89. The number of thioether (sulfide) groups is 1. The Labute approximate surface area is 166 Å². The number of ether oxygens (including phenoxy) is 1. The largest absolute Gasteiger partial charge is 0.462 e. The first-order chi connectivity index (χ1) is 13.0. The fourth-order valence-electron chi connectivity index (χ4n) is 3.63. The van der Waals surface area contributed by atoms with Crippen molar-refractivity contribution in [2.75, 3.05) is 5.75 Å². The third-order valence-electron chi connectivity index (χ3n) is 4.84. The third kappa shape index (κ3) is 3.45. The number of aromatic nitrogens is 4. The first kappa shape index (κ1) is 18.7. The lowest BCUT2D eigenvalue weighted by Crippen LogP contribution is -2.13. The van der Waals surface area contributed by atoms with Gasteiger partial charge in [0.15, 0.2) is 10.8 Å². The van der Waals surface area contributed by atoms with Gasteiger partial charge >= 0.3 is 5.97 Å². The van der Waals surface area contributed by atoms with Crippen molar-refractivity contribution >= 4 is 44.9 Å². The summed E-state index contributed by atoms with van der Waals surface area (Å²) in [4.78, 5) is 19.4. The van der Waals surface area contributed by atoms with Crippen molar-refractivity contribution < 1.29 is 9.53 Å². The van der Waals surface area contributed by atoms with E-state index in [-0.39, 0.29) is 17.8 Å². The molecule has 1 aliphatic carbocycles. The van der Waals surface area contributed by atoms with E-state index in [1.54, 1.807) is 0 Å². The standard InChI is InChI=1S/C19H24N4O2S2/c1-5-14-20-18-16(12-7-6-11(4)8-13(12)27-18)17-21-22-19(23(14)17)26-9-15(24)25-10(2)3/h10-11H,5-9H2,1-4H3/t11-/m1/s1. The molecular weight excluding hydrogens is 380 g/mol. The second-order valence-corrected chi connectivity index (χ2v) is 9.41. The Morgan fingerprint density at radius 3 is 2.96 bits per heavy atom. The molecule has 27 heavy (non-hydrogen) atoms. The molecule has 4 rings (SSSR count). The summed E-state index contributed by atoms with van der Waals surface area (Å²) >= 11 is 3.17. The van der Waals surface area contributed by atoms with E-state index in [1.165, 1.54) is 28.6 Å². The highest BCUT2D eigenvalue weighted by molar-refractivity contribution is 7.99. The minimum Gasteiger partial charge on any atom is -0.462 e. The molecule has 3 aromatic rings. The maximum atomic E-state index is 11.9. The summed E-state index contributed by atoms with van der Waals surface area (Å²) in [6, 6.07) is 0. The molecule has 0 amide bonds. The van der Waals surface area contributed by atoms with Crippen LogP contribution >= 0.6 is 23.1 Å². The summed E-state index contributed by atoms with van der Waals surface area (Å²) in [5.74, 6) is 1.65. The van der Waals surface area contributed by atoms with Crippen LogP contribution in [-0.4, -0.2) is 37.4 Å². The molecule has 0 bridgehead atoms. The number of carbonyl (C=O) groups is 1. The highest BCUT2D eigenvalue weighted by Crippen LogP contribution is 2.39. The summed E-state index contributed by atoms with van der Waals surface area (Å²) in [5, 5.41) is 10.7. The van der Waals surface area contributed by atoms with Crippen LogP contribution in [-0.2, 0) is 28.8 Å². The third-order valence-corrected chi connectivity index (χ3v) is 6.89. The minimum absolute atomic E-state index is 0.111. The van der Waals surface area contributed by atoms with Crippen molar-refractivity contribution in [1.82, 2.24) is 19.6 Å². The average molecular weight is 405 g/mol. The van der Waals surface area contributed by atoms with Crippen LogP contribution in [0.15, 0.2) is 5.16 Å². The molecule has 0 aliphatic heterocycles. The van der Waals surface area contributed by atoms with Crippen LogP contribution in [0.2, 0.25) is 0 Å². The quantitative estimate of drug-likeness (QED) is 0.472. The highest BCUT2D eigenvalue weighted by Gasteiger charge is 2.25. The number of fused-ring (bicyclic) bond motifs is 5. The van der Waals surface area contributed by atoms with Gasteiger partial charge in [-0.25, -0.2) is 4.98 Å². The smallest absolute Gasteiger partial charge is 0.316 e. The topological polar surface area (TPSA) is 69.4 Å². The molecule has 1 aliphatic rings. The molecule has 0 saturated heterocycles. The average Bonchev–Trinajstić information content (AvgIpc) is 3.18. The molecule has 0 spiro atoms. The Balaban J connectivity index is 1.77. The van der Waals surface area contributed by atoms with E-state index >= 15 is 0 Å². The fraction of sp³-hybridized carbons (Fsp3) is 0.579. The molecule has 6 nitrogen and oxygen atoms in total. The van der Waals surface area contributed by atoms with E-state index in [2.05, 4.69) is 24.0 Å². The zero-order valence-electron chi connectivity index (χ0n) is 16.1. The van der Waals surface area contributed by atoms with Gasteiger partial charge in [0.25, 0.3) is 0 Å². The van der Waals surface area contributed by atoms with Crippen LogP contribution < -0.4 is 0 Å². The molecular formula is C19H24N4O2S2. The van der Waals surface area contributed by atoms with Gasteiger partial charge in [-0.05, 0) is 44.6 Å². The maximum absolute atomic E-state index is 11.9. The number of carbonyl (C=O) groups excluding carboxylic acids is 1. The van der Waals surface area contributed by atoms with E-state index in [0.717, 1.165) is 46.9 Å². The van der Waals surface area contributed by atoms with Crippen molar-refractivity contribution in [3.8, 4) is 0 Å². The second-order valence-electron chi connectivity index (χ2n) is 7.38. The Morgan fingerprint density at radius 2 is 2.22 bits per heavy atom. The normalized spacial score (nSPS) is 17.0. The molecule has 0 fully saturated rings. The van der Waals surface area contributed by atoms with E-state index in [1.807, 2.05) is 29.6 Å². The number of aryl methyl sites for hydroxylation is 2. The number of rotatable bonds is 5. The van der Waals surface area contributed by atoms with Crippen LogP contribution in [0.3, 0.4) is 0 Å². The van der Waals surface area contributed by atoms with Crippen molar-refractivity contribution in [2.45, 2.75) is 64.6 Å². The monoisotopic (exact) mass is 404 g/mol. The Kier molecular flexibility index (Phi) is 5.11. The molecule has 3 aromatic heterocycles. The van der Waals surface area contributed by atoms with Gasteiger partial charge in [0.1, 0.15) is 10.7 Å². The summed E-state index contributed by atoms with van der Waals surface area (Å²) in [6.45, 7) is 8.11. The minimum atomic E-state index is -0.235. The number of hydrogen-bond acceptors (Lipinski definition) is 7. The zero-order valence-corrected chi connectivity index (χ0v) is 17.7. The van der Waals surface area contributed by atoms with E-state index < -0.39 is 0 Å². The maximum Gasteiger partial charge on any atom is 0.316 e. The van der Waals surface area contributed by atoms with Crippen molar-refractivity contribution in [2.24, 2.45) is 5.92 Å². The van der Waals surface area contributed by atoms with Gasteiger partial charge in [-0.15, -0.1) is 21.5 Å². The lowest BCUT2D eigenvalue weighted by Gasteiger charge is -2.17. The first-order valence-corrected chi connectivity index (χ1v) is 11.3. The number of esters is 1. The molecule has 0 unspecified atom stereocenters. The van der Waals surface area contributed by atoms with Gasteiger partial charge in [-0.1, -0.05) is 25.6 Å². The fourth-order valence-corrected chi connectivity index (χ4v) is 5.76. The summed E-state index contributed by atoms with van der Waals surface area (Å²) in [5.41, 5.74) is 2.28. The molecule has 0 aromatic carbocycles. The van der Waals surface area contributed by atoms with Crippen LogP contribution in [0.5, 0.6) is 0 Å². The van der Waals surface area contributed by atoms with Crippen LogP contribution in [0, 0.1) is 5.92 Å². The molecule has 0 radical (unpaired) electrons. The first-order valence-electron chi connectivity index (χ1n) is 9.48. The van der Waals surface area contributed by atoms with E-state index in [0.29, 0.717) is 5.16 Å². The molecule has 3 heterocycles.